The zero-order valence-corrected chi connectivity index (χ0v) is 14.8. The van der Waals surface area contributed by atoms with Crippen molar-refractivity contribution in [2.75, 3.05) is 11.9 Å². The minimum Gasteiger partial charge on any atom is -0.489 e. The number of ether oxygens (including phenoxy) is 2. The van der Waals surface area contributed by atoms with Crippen LogP contribution in [0.2, 0.25) is 0 Å². The van der Waals surface area contributed by atoms with Crippen LogP contribution in [-0.2, 0) is 18.4 Å². The summed E-state index contributed by atoms with van der Waals surface area (Å²) in [5.41, 5.74) is 1.95. The fraction of sp³-hybridized carbons (Fsp3) is 0.200. The van der Waals surface area contributed by atoms with E-state index in [9.17, 15) is 4.79 Å². The average molecular weight is 351 g/mol. The van der Waals surface area contributed by atoms with Crippen LogP contribution < -0.4 is 14.8 Å². The molecule has 1 heterocycles. The molecule has 0 saturated heterocycles. The Morgan fingerprint density at radius 1 is 1.04 bits per heavy atom. The number of amides is 1. The molecule has 0 unspecified atom stereocenters. The lowest BCUT2D eigenvalue weighted by molar-refractivity contribution is -0.118. The normalized spacial score (nSPS) is 10.4. The van der Waals surface area contributed by atoms with Crippen molar-refractivity contribution in [3.63, 3.8) is 0 Å². The van der Waals surface area contributed by atoms with E-state index in [0.717, 1.165) is 17.0 Å². The second-order valence-electron chi connectivity index (χ2n) is 5.88. The maximum atomic E-state index is 12.0. The molecule has 3 rings (SSSR count). The van der Waals surface area contributed by atoms with Gasteiger partial charge < -0.3 is 14.8 Å². The summed E-state index contributed by atoms with van der Waals surface area (Å²) < 4.78 is 12.8. The highest BCUT2D eigenvalue weighted by molar-refractivity contribution is 5.91. The first kappa shape index (κ1) is 17.5. The largest absolute Gasteiger partial charge is 0.489 e. The van der Waals surface area contributed by atoms with Gasteiger partial charge in [0, 0.05) is 13.1 Å². The van der Waals surface area contributed by atoms with Gasteiger partial charge in [-0.2, -0.15) is 5.10 Å². The number of aryl methyl sites for hydroxylation is 2. The molecular formula is C20H21N3O3. The molecule has 3 aromatic rings. The van der Waals surface area contributed by atoms with E-state index in [1.165, 1.54) is 0 Å². The molecule has 0 aliphatic heterocycles. The third kappa shape index (κ3) is 4.86. The fourth-order valence-electron chi connectivity index (χ4n) is 2.43. The summed E-state index contributed by atoms with van der Waals surface area (Å²) in [5.74, 6) is 1.75. The summed E-state index contributed by atoms with van der Waals surface area (Å²) in [6, 6.07) is 19.0. The SMILES string of the molecule is Cc1cc(NC(=O)COc2ccc(OCc3ccccc3)cc2)n(C)n1. The van der Waals surface area contributed by atoms with E-state index in [2.05, 4.69) is 10.4 Å². The van der Waals surface area contributed by atoms with Crippen molar-refractivity contribution >= 4 is 11.7 Å². The lowest BCUT2D eigenvalue weighted by Gasteiger charge is -2.09. The van der Waals surface area contributed by atoms with Gasteiger partial charge >= 0.3 is 0 Å². The number of carbonyl (C=O) groups excluding carboxylic acids is 1. The van der Waals surface area contributed by atoms with Crippen molar-refractivity contribution in [3.8, 4) is 11.5 Å². The van der Waals surface area contributed by atoms with Gasteiger partial charge in [-0.3, -0.25) is 9.48 Å². The van der Waals surface area contributed by atoms with E-state index in [-0.39, 0.29) is 12.5 Å². The van der Waals surface area contributed by atoms with Crippen LogP contribution in [0.1, 0.15) is 11.3 Å². The van der Waals surface area contributed by atoms with Gasteiger partial charge in [0.15, 0.2) is 6.61 Å². The molecule has 26 heavy (non-hydrogen) atoms. The highest BCUT2D eigenvalue weighted by Crippen LogP contribution is 2.19. The monoisotopic (exact) mass is 351 g/mol. The average Bonchev–Trinajstić information content (AvgIpc) is 2.97. The maximum absolute atomic E-state index is 12.0. The van der Waals surface area contributed by atoms with Crippen molar-refractivity contribution in [1.29, 1.82) is 0 Å². The standard InChI is InChI=1S/C20H21N3O3/c1-15-12-19(23(2)22-15)21-20(24)14-26-18-10-8-17(9-11-18)25-13-16-6-4-3-5-7-16/h3-12H,13-14H2,1-2H3,(H,21,24). The Labute approximate surface area is 152 Å². The van der Waals surface area contributed by atoms with Crippen molar-refractivity contribution in [3.05, 3.63) is 71.9 Å². The van der Waals surface area contributed by atoms with Gasteiger partial charge in [-0.05, 0) is 36.8 Å². The molecule has 1 amide bonds. The van der Waals surface area contributed by atoms with Gasteiger partial charge in [-0.25, -0.2) is 0 Å². The Balaban J connectivity index is 1.46. The molecule has 0 aliphatic carbocycles. The quantitative estimate of drug-likeness (QED) is 0.709. The molecule has 2 aromatic carbocycles. The molecular weight excluding hydrogens is 330 g/mol. The number of carbonyl (C=O) groups is 1. The molecule has 0 fully saturated rings. The smallest absolute Gasteiger partial charge is 0.263 e. The Morgan fingerprint density at radius 2 is 1.69 bits per heavy atom. The Morgan fingerprint density at radius 3 is 2.31 bits per heavy atom. The van der Waals surface area contributed by atoms with Crippen molar-refractivity contribution in [2.45, 2.75) is 13.5 Å². The van der Waals surface area contributed by atoms with Gasteiger partial charge in [0.1, 0.15) is 23.9 Å². The number of aromatic nitrogens is 2. The number of anilines is 1. The van der Waals surface area contributed by atoms with Crippen LogP contribution in [0.5, 0.6) is 11.5 Å². The second kappa shape index (κ2) is 8.20. The van der Waals surface area contributed by atoms with E-state index < -0.39 is 0 Å². The minimum atomic E-state index is -0.239. The van der Waals surface area contributed by atoms with Crippen molar-refractivity contribution in [2.24, 2.45) is 7.05 Å². The van der Waals surface area contributed by atoms with Crippen LogP contribution in [0.4, 0.5) is 5.82 Å². The number of nitrogens with one attached hydrogen (secondary N) is 1. The summed E-state index contributed by atoms with van der Waals surface area (Å²) in [7, 11) is 1.78. The zero-order valence-electron chi connectivity index (χ0n) is 14.8. The Bertz CT molecular complexity index is 858. The summed E-state index contributed by atoms with van der Waals surface area (Å²) in [4.78, 5) is 12.0. The van der Waals surface area contributed by atoms with Crippen LogP contribution in [0.25, 0.3) is 0 Å². The van der Waals surface area contributed by atoms with Crippen LogP contribution >= 0.6 is 0 Å². The summed E-state index contributed by atoms with van der Waals surface area (Å²) in [6.07, 6.45) is 0. The maximum Gasteiger partial charge on any atom is 0.263 e. The number of hydrogen-bond donors (Lipinski definition) is 1. The van der Waals surface area contributed by atoms with Gasteiger partial charge in [0.25, 0.3) is 5.91 Å². The molecule has 0 spiro atoms. The molecule has 6 heteroatoms. The Hall–Kier alpha value is -3.28. The van der Waals surface area contributed by atoms with Crippen LogP contribution in [0.3, 0.4) is 0 Å². The molecule has 1 N–H and O–H groups in total. The first-order valence-corrected chi connectivity index (χ1v) is 8.30. The number of benzene rings is 2. The predicted octanol–water partition coefficient (Wildman–Crippen LogP) is 3.33. The summed E-state index contributed by atoms with van der Waals surface area (Å²) in [6.45, 7) is 2.30. The Kier molecular flexibility index (Phi) is 5.53. The number of rotatable bonds is 7. The third-order valence-corrected chi connectivity index (χ3v) is 3.71. The van der Waals surface area contributed by atoms with Crippen molar-refractivity contribution < 1.29 is 14.3 Å². The van der Waals surface area contributed by atoms with Gasteiger partial charge in [0.2, 0.25) is 0 Å². The van der Waals surface area contributed by atoms with Crippen LogP contribution in [-0.4, -0.2) is 22.3 Å². The van der Waals surface area contributed by atoms with E-state index in [1.54, 1.807) is 29.9 Å². The van der Waals surface area contributed by atoms with Crippen LogP contribution in [0.15, 0.2) is 60.7 Å². The highest BCUT2D eigenvalue weighted by atomic mass is 16.5. The van der Waals surface area contributed by atoms with E-state index in [0.29, 0.717) is 18.2 Å². The topological polar surface area (TPSA) is 65.4 Å². The van der Waals surface area contributed by atoms with Crippen molar-refractivity contribution in [1.82, 2.24) is 9.78 Å². The van der Waals surface area contributed by atoms with Gasteiger partial charge in [0.05, 0.1) is 5.69 Å². The number of hydrogen-bond acceptors (Lipinski definition) is 4. The zero-order chi connectivity index (χ0) is 18.4. The lowest BCUT2D eigenvalue weighted by Crippen LogP contribution is -2.21. The molecule has 134 valence electrons. The highest BCUT2D eigenvalue weighted by Gasteiger charge is 2.08. The van der Waals surface area contributed by atoms with Gasteiger partial charge in [-0.15, -0.1) is 0 Å². The predicted molar refractivity (Wildman–Crippen MR) is 99.3 cm³/mol. The first-order valence-electron chi connectivity index (χ1n) is 8.30. The lowest BCUT2D eigenvalue weighted by atomic mass is 10.2. The first-order chi connectivity index (χ1) is 12.6. The van der Waals surface area contributed by atoms with E-state index >= 15 is 0 Å². The molecule has 0 aliphatic rings. The molecule has 6 nitrogen and oxygen atoms in total. The van der Waals surface area contributed by atoms with Crippen LogP contribution in [0, 0.1) is 6.92 Å². The minimum absolute atomic E-state index is 0.0750. The fourth-order valence-corrected chi connectivity index (χ4v) is 2.43. The molecule has 0 saturated carbocycles. The van der Waals surface area contributed by atoms with Gasteiger partial charge in [-0.1, -0.05) is 30.3 Å². The van der Waals surface area contributed by atoms with E-state index in [4.69, 9.17) is 9.47 Å². The molecule has 0 radical (unpaired) electrons. The second-order valence-corrected chi connectivity index (χ2v) is 5.88. The third-order valence-electron chi connectivity index (χ3n) is 3.71. The molecule has 0 atom stereocenters. The molecule has 0 bridgehead atoms. The number of nitrogens with zero attached hydrogens (tertiary/aromatic N) is 2. The summed E-state index contributed by atoms with van der Waals surface area (Å²) >= 11 is 0. The summed E-state index contributed by atoms with van der Waals surface area (Å²) in [5, 5.41) is 6.94. The molecule has 1 aromatic heterocycles. The van der Waals surface area contributed by atoms with E-state index in [1.807, 2.05) is 49.4 Å².